The van der Waals surface area contributed by atoms with Gasteiger partial charge in [0.1, 0.15) is 0 Å². The van der Waals surface area contributed by atoms with Crippen LogP contribution in [0.4, 0.5) is 0 Å². The first-order valence-corrected chi connectivity index (χ1v) is 12.7. The van der Waals surface area contributed by atoms with Crippen molar-refractivity contribution in [3.8, 4) is 0 Å². The fourth-order valence-corrected chi connectivity index (χ4v) is 5.09. The zero-order valence-corrected chi connectivity index (χ0v) is 21.1. The first-order chi connectivity index (χ1) is 15.4. The molecule has 1 heterocycles. The zero-order valence-electron chi connectivity index (χ0n) is 20.3. The van der Waals surface area contributed by atoms with Crippen LogP contribution in [0.3, 0.4) is 0 Å². The number of aromatic amines is 1. The lowest BCUT2D eigenvalue weighted by Crippen LogP contribution is -2.47. The molecule has 0 atom stereocenters. The van der Waals surface area contributed by atoms with Crippen molar-refractivity contribution in [2.45, 2.75) is 78.8 Å². The van der Waals surface area contributed by atoms with Gasteiger partial charge in [-0.05, 0) is 87.5 Å². The summed E-state index contributed by atoms with van der Waals surface area (Å²) in [5, 5.41) is 5.37. The van der Waals surface area contributed by atoms with Gasteiger partial charge in [0.25, 0.3) is 5.56 Å². The number of hydrogen-bond donors (Lipinski definition) is 2. The number of aryl methyl sites for hydroxylation is 2. The van der Waals surface area contributed by atoms with E-state index in [4.69, 9.17) is 12.2 Å². The average Bonchev–Trinajstić information content (AvgIpc) is 2.81. The molecule has 1 aliphatic carbocycles. The van der Waals surface area contributed by atoms with Gasteiger partial charge in [0, 0.05) is 18.2 Å². The minimum atomic E-state index is -0.00339. The molecule has 0 saturated heterocycles. The van der Waals surface area contributed by atoms with E-state index in [1.54, 1.807) is 0 Å². The maximum atomic E-state index is 13.0. The second-order valence-corrected chi connectivity index (χ2v) is 9.51. The largest absolute Gasteiger partial charge is 0.363 e. The van der Waals surface area contributed by atoms with E-state index in [9.17, 15) is 4.79 Å². The Bertz CT molecular complexity index is 960. The van der Waals surface area contributed by atoms with Crippen molar-refractivity contribution in [3.63, 3.8) is 0 Å². The molecular weight excluding hydrogens is 416 g/mol. The number of nitrogens with one attached hydrogen (secondary N) is 2. The minimum absolute atomic E-state index is 0.00339. The summed E-state index contributed by atoms with van der Waals surface area (Å²) < 4.78 is 0. The normalized spacial score (nSPS) is 14.8. The van der Waals surface area contributed by atoms with Crippen LogP contribution in [0.1, 0.15) is 69.1 Å². The van der Waals surface area contributed by atoms with Crippen molar-refractivity contribution in [1.82, 2.24) is 20.1 Å². The monoisotopic (exact) mass is 456 g/mol. The molecule has 1 saturated carbocycles. The Morgan fingerprint density at radius 3 is 2.56 bits per heavy atom. The molecule has 2 N–H and O–H groups in total. The molecule has 1 aromatic carbocycles. The molecule has 176 valence electrons. The summed E-state index contributed by atoms with van der Waals surface area (Å²) in [5.74, 6) is 0. The van der Waals surface area contributed by atoms with Gasteiger partial charge in [-0.15, -0.1) is 0 Å². The molecule has 5 nitrogen and oxygen atoms in total. The standard InChI is InChI=1S/C26H40N4OS/c1-5-29(6-2)16-10-15-27-26(32)30(23-11-8-7-9-12-23)18-22-17-21-14-13-19(3)20(4)24(21)28-25(22)31/h13-14,17,23H,5-12,15-16,18H2,1-4H3,(H,27,32)(H,28,31). The number of nitrogens with zero attached hydrogens (tertiary/aromatic N) is 2. The highest BCUT2D eigenvalue weighted by atomic mass is 32.1. The van der Waals surface area contributed by atoms with Gasteiger partial charge in [-0.25, -0.2) is 0 Å². The Morgan fingerprint density at radius 2 is 1.88 bits per heavy atom. The molecule has 1 fully saturated rings. The topological polar surface area (TPSA) is 51.4 Å². The third kappa shape index (κ3) is 6.10. The first-order valence-electron chi connectivity index (χ1n) is 12.3. The molecule has 6 heteroatoms. The van der Waals surface area contributed by atoms with Crippen LogP contribution in [0.15, 0.2) is 23.0 Å². The highest BCUT2D eigenvalue weighted by Crippen LogP contribution is 2.25. The van der Waals surface area contributed by atoms with Crippen molar-refractivity contribution >= 4 is 28.2 Å². The number of hydrogen-bond acceptors (Lipinski definition) is 3. The lowest BCUT2D eigenvalue weighted by atomic mass is 9.94. The third-order valence-corrected chi connectivity index (χ3v) is 7.45. The van der Waals surface area contributed by atoms with Gasteiger partial charge in [-0.1, -0.05) is 45.2 Å². The quantitative estimate of drug-likeness (QED) is 0.416. The van der Waals surface area contributed by atoms with Crippen LogP contribution in [-0.2, 0) is 6.54 Å². The van der Waals surface area contributed by atoms with Crippen LogP contribution in [-0.4, -0.2) is 52.1 Å². The predicted octanol–water partition coefficient (Wildman–Crippen LogP) is 4.89. The van der Waals surface area contributed by atoms with Crippen molar-refractivity contribution in [1.29, 1.82) is 0 Å². The number of thiocarbonyl (C=S) groups is 1. The van der Waals surface area contributed by atoms with E-state index >= 15 is 0 Å². The summed E-state index contributed by atoms with van der Waals surface area (Å²) in [6.07, 6.45) is 7.12. The summed E-state index contributed by atoms with van der Waals surface area (Å²) in [4.78, 5) is 20.8. The molecular formula is C26H40N4OS. The van der Waals surface area contributed by atoms with Gasteiger partial charge in [0.05, 0.1) is 12.1 Å². The van der Waals surface area contributed by atoms with Gasteiger partial charge in [0.15, 0.2) is 5.11 Å². The third-order valence-electron chi connectivity index (χ3n) is 7.07. The number of aromatic nitrogens is 1. The average molecular weight is 457 g/mol. The lowest BCUT2D eigenvalue weighted by Gasteiger charge is -2.36. The van der Waals surface area contributed by atoms with E-state index in [-0.39, 0.29) is 5.56 Å². The van der Waals surface area contributed by atoms with Crippen LogP contribution < -0.4 is 10.9 Å². The van der Waals surface area contributed by atoms with E-state index in [0.717, 1.165) is 72.6 Å². The van der Waals surface area contributed by atoms with Gasteiger partial charge in [0.2, 0.25) is 0 Å². The second-order valence-electron chi connectivity index (χ2n) is 9.13. The molecule has 0 bridgehead atoms. The van der Waals surface area contributed by atoms with Gasteiger partial charge >= 0.3 is 0 Å². The molecule has 0 aliphatic heterocycles. The van der Waals surface area contributed by atoms with Crippen LogP contribution in [0.5, 0.6) is 0 Å². The SMILES string of the molecule is CCN(CC)CCCNC(=S)N(Cc1cc2ccc(C)c(C)c2[nH]c1=O)C1CCCCC1. The number of fused-ring (bicyclic) bond motifs is 1. The number of benzene rings is 1. The molecule has 1 aliphatic rings. The number of H-pyrrole nitrogens is 1. The molecule has 1 aromatic heterocycles. The highest BCUT2D eigenvalue weighted by Gasteiger charge is 2.24. The highest BCUT2D eigenvalue weighted by molar-refractivity contribution is 7.80. The van der Waals surface area contributed by atoms with Crippen LogP contribution in [0.25, 0.3) is 10.9 Å². The van der Waals surface area contributed by atoms with Crippen molar-refractivity contribution < 1.29 is 0 Å². The van der Waals surface area contributed by atoms with Gasteiger partial charge < -0.3 is 20.1 Å². The number of pyridine rings is 1. The molecule has 32 heavy (non-hydrogen) atoms. The summed E-state index contributed by atoms with van der Waals surface area (Å²) >= 11 is 5.86. The molecule has 0 spiro atoms. The number of rotatable bonds is 9. The Balaban J connectivity index is 1.76. The predicted molar refractivity (Wildman–Crippen MR) is 139 cm³/mol. The van der Waals surface area contributed by atoms with Gasteiger partial charge in [-0.2, -0.15) is 0 Å². The smallest absolute Gasteiger partial charge is 0.253 e. The van der Waals surface area contributed by atoms with Crippen molar-refractivity contribution in [3.05, 3.63) is 45.2 Å². The maximum Gasteiger partial charge on any atom is 0.253 e. The molecule has 0 amide bonds. The molecule has 0 unspecified atom stereocenters. The Morgan fingerprint density at radius 1 is 1.16 bits per heavy atom. The molecule has 0 radical (unpaired) electrons. The summed E-state index contributed by atoms with van der Waals surface area (Å²) in [7, 11) is 0. The van der Waals surface area contributed by atoms with E-state index < -0.39 is 0 Å². The summed E-state index contributed by atoms with van der Waals surface area (Å²) in [6.45, 7) is 13.2. The Labute approximate surface area is 198 Å². The Hall–Kier alpha value is -1.92. The zero-order chi connectivity index (χ0) is 23.1. The van der Waals surface area contributed by atoms with Crippen LogP contribution in [0, 0.1) is 13.8 Å². The second kappa shape index (κ2) is 11.8. The fourth-order valence-electron chi connectivity index (χ4n) is 4.77. The molecule has 3 rings (SSSR count). The van der Waals surface area contributed by atoms with Crippen LogP contribution >= 0.6 is 12.2 Å². The van der Waals surface area contributed by atoms with Gasteiger partial charge in [-0.3, -0.25) is 4.79 Å². The fraction of sp³-hybridized carbons (Fsp3) is 0.615. The summed E-state index contributed by atoms with van der Waals surface area (Å²) in [6, 6.07) is 6.69. The van der Waals surface area contributed by atoms with E-state index in [0.29, 0.717) is 12.6 Å². The van der Waals surface area contributed by atoms with Crippen molar-refractivity contribution in [2.24, 2.45) is 0 Å². The van der Waals surface area contributed by atoms with Crippen molar-refractivity contribution in [2.75, 3.05) is 26.2 Å². The lowest BCUT2D eigenvalue weighted by molar-refractivity contribution is 0.233. The van der Waals surface area contributed by atoms with E-state index in [1.165, 1.54) is 24.8 Å². The minimum Gasteiger partial charge on any atom is -0.363 e. The maximum absolute atomic E-state index is 13.0. The van der Waals surface area contributed by atoms with E-state index in [2.05, 4.69) is 66.0 Å². The summed E-state index contributed by atoms with van der Waals surface area (Å²) in [5.41, 5.74) is 4.07. The van der Waals surface area contributed by atoms with E-state index in [1.807, 2.05) is 0 Å². The first kappa shape index (κ1) is 24.7. The molecule has 2 aromatic rings. The Kier molecular flexibility index (Phi) is 9.11. The van der Waals surface area contributed by atoms with Crippen LogP contribution in [0.2, 0.25) is 0 Å².